The van der Waals surface area contributed by atoms with Crippen LogP contribution in [0.25, 0.3) is 32.3 Å². The molecule has 4 rings (SSSR count). The van der Waals surface area contributed by atoms with Gasteiger partial charge >= 0.3 is 0 Å². The largest absolute Gasteiger partial charge is 0.0560 e. The molecule has 4 heteroatoms. The van der Waals surface area contributed by atoms with Crippen LogP contribution in [0.4, 0.5) is 0 Å². The van der Waals surface area contributed by atoms with Gasteiger partial charge in [0.15, 0.2) is 0 Å². The Bertz CT molecular complexity index is 1040. The van der Waals surface area contributed by atoms with Crippen LogP contribution in [0.15, 0.2) is 48.2 Å². The Kier molecular flexibility index (Phi) is 4.08. The van der Waals surface area contributed by atoms with Gasteiger partial charge in [-0.25, -0.2) is 0 Å². The molecular weight excluding hydrogens is 560 g/mol. The zero-order valence-electron chi connectivity index (χ0n) is 13.4. The summed E-state index contributed by atoms with van der Waals surface area (Å²) in [4.78, 5) is 0. The Morgan fingerprint density at radius 2 is 1.00 bits per heavy atom. The van der Waals surface area contributed by atoms with Crippen molar-refractivity contribution in [3.05, 3.63) is 53.8 Å². The average Bonchev–Trinajstić information content (AvgIpc) is 2.49. The van der Waals surface area contributed by atoms with Crippen LogP contribution in [0.3, 0.4) is 0 Å². The van der Waals surface area contributed by atoms with E-state index in [1.54, 1.807) is 0 Å². The summed E-state index contributed by atoms with van der Waals surface area (Å²) in [6.45, 7) is 6.76. The van der Waals surface area contributed by atoms with Crippen LogP contribution < -0.4 is 0 Å². The van der Waals surface area contributed by atoms with Gasteiger partial charge < -0.3 is 0 Å². The monoisotopic (exact) mass is 570 g/mol. The zero-order chi connectivity index (χ0) is 17.4. The third kappa shape index (κ3) is 2.33. The van der Waals surface area contributed by atoms with Crippen LogP contribution in [0.5, 0.6) is 0 Å². The SMILES string of the molecule is CC(C)(C)c1c(Br)c2ccc3c(Br)cc(Br)c4ccc(c1Br)c2c34. The van der Waals surface area contributed by atoms with Gasteiger partial charge in [0.05, 0.1) is 0 Å². The molecule has 0 saturated heterocycles. The Balaban J connectivity index is 2.37. The molecule has 0 saturated carbocycles. The Morgan fingerprint density at radius 1 is 0.625 bits per heavy atom. The minimum Gasteiger partial charge on any atom is -0.0560 e. The molecule has 0 aliphatic rings. The maximum absolute atomic E-state index is 3.90. The second kappa shape index (κ2) is 5.67. The summed E-state index contributed by atoms with van der Waals surface area (Å²) in [6.07, 6.45) is 0. The highest BCUT2D eigenvalue weighted by Crippen LogP contribution is 2.49. The molecule has 0 radical (unpaired) electrons. The molecule has 0 unspecified atom stereocenters. The van der Waals surface area contributed by atoms with Crippen LogP contribution in [0.1, 0.15) is 26.3 Å². The molecular formula is C20H14Br4. The third-order valence-corrected chi connectivity index (χ3v) is 7.55. The standard InChI is InChI=1S/C20H14Br4/c1-20(2,3)17-18(23)11-6-4-9-13(21)8-14(22)10-5-7-12(19(17)24)16(11)15(9)10/h4-8H,1-3H3. The molecule has 0 atom stereocenters. The molecule has 24 heavy (non-hydrogen) atoms. The van der Waals surface area contributed by atoms with Gasteiger partial charge in [-0.1, -0.05) is 76.9 Å². The van der Waals surface area contributed by atoms with Crippen molar-refractivity contribution < 1.29 is 0 Å². The van der Waals surface area contributed by atoms with Gasteiger partial charge in [-0.15, -0.1) is 0 Å². The highest BCUT2D eigenvalue weighted by Gasteiger charge is 2.25. The van der Waals surface area contributed by atoms with Crippen molar-refractivity contribution in [2.24, 2.45) is 0 Å². The first-order chi connectivity index (χ1) is 11.2. The zero-order valence-corrected chi connectivity index (χ0v) is 19.7. The average molecular weight is 574 g/mol. The van der Waals surface area contributed by atoms with Gasteiger partial charge in [-0.3, -0.25) is 0 Å². The van der Waals surface area contributed by atoms with Crippen LogP contribution >= 0.6 is 63.7 Å². The quantitative estimate of drug-likeness (QED) is 0.184. The third-order valence-electron chi connectivity index (χ3n) is 4.59. The summed E-state index contributed by atoms with van der Waals surface area (Å²) >= 11 is 15.2. The van der Waals surface area contributed by atoms with Crippen LogP contribution in [0, 0.1) is 0 Å². The number of rotatable bonds is 0. The molecule has 0 aliphatic heterocycles. The van der Waals surface area contributed by atoms with E-state index in [1.807, 2.05) is 0 Å². The lowest BCUT2D eigenvalue weighted by atomic mass is 9.83. The molecule has 0 heterocycles. The second-order valence-corrected chi connectivity index (χ2v) is 10.5. The minimum absolute atomic E-state index is 0.0449. The number of benzene rings is 4. The summed E-state index contributed by atoms with van der Waals surface area (Å²) in [6, 6.07) is 11.0. The number of hydrogen-bond donors (Lipinski definition) is 0. The molecule has 0 fully saturated rings. The van der Waals surface area contributed by atoms with Crippen molar-refractivity contribution in [3.8, 4) is 0 Å². The van der Waals surface area contributed by atoms with E-state index in [2.05, 4.69) is 115 Å². The summed E-state index contributed by atoms with van der Waals surface area (Å²) in [5, 5.41) is 7.62. The van der Waals surface area contributed by atoms with Crippen molar-refractivity contribution >= 4 is 96.0 Å². The second-order valence-electron chi connectivity index (χ2n) is 7.16. The van der Waals surface area contributed by atoms with E-state index in [0.29, 0.717) is 0 Å². The number of halogens is 4. The fraction of sp³-hybridized carbons (Fsp3) is 0.200. The van der Waals surface area contributed by atoms with Crippen molar-refractivity contribution in [2.45, 2.75) is 26.2 Å². The van der Waals surface area contributed by atoms with Gasteiger partial charge in [0.1, 0.15) is 0 Å². The highest BCUT2D eigenvalue weighted by atomic mass is 79.9. The predicted octanol–water partition coefficient (Wildman–Crippen LogP) is 8.93. The normalized spacial score (nSPS) is 12.8. The van der Waals surface area contributed by atoms with E-state index in [-0.39, 0.29) is 5.41 Å². The highest BCUT2D eigenvalue weighted by molar-refractivity contribution is 9.11. The molecule has 0 N–H and O–H groups in total. The fourth-order valence-corrected chi connectivity index (χ4v) is 7.49. The predicted molar refractivity (Wildman–Crippen MR) is 120 cm³/mol. The molecule has 0 aliphatic carbocycles. The molecule has 4 aromatic rings. The molecule has 0 aromatic heterocycles. The van der Waals surface area contributed by atoms with E-state index in [1.165, 1.54) is 46.8 Å². The molecule has 122 valence electrons. The van der Waals surface area contributed by atoms with Crippen molar-refractivity contribution in [1.29, 1.82) is 0 Å². The minimum atomic E-state index is 0.0449. The fourth-order valence-electron chi connectivity index (χ4n) is 3.55. The van der Waals surface area contributed by atoms with Gasteiger partial charge in [-0.05, 0) is 81.2 Å². The van der Waals surface area contributed by atoms with Crippen LogP contribution in [-0.2, 0) is 5.41 Å². The Hall–Kier alpha value is -0.160. The molecule has 0 amide bonds. The first-order valence-corrected chi connectivity index (χ1v) is 10.8. The summed E-state index contributed by atoms with van der Waals surface area (Å²) < 4.78 is 4.59. The van der Waals surface area contributed by atoms with E-state index < -0.39 is 0 Å². The van der Waals surface area contributed by atoms with E-state index in [9.17, 15) is 0 Å². The van der Waals surface area contributed by atoms with E-state index >= 15 is 0 Å². The first kappa shape index (κ1) is 17.3. The maximum atomic E-state index is 3.90. The summed E-state index contributed by atoms with van der Waals surface area (Å²) in [5.74, 6) is 0. The Morgan fingerprint density at radius 3 is 1.42 bits per heavy atom. The van der Waals surface area contributed by atoms with Gasteiger partial charge in [0, 0.05) is 17.9 Å². The molecule has 4 aromatic carbocycles. The van der Waals surface area contributed by atoms with Gasteiger partial charge in [-0.2, -0.15) is 0 Å². The van der Waals surface area contributed by atoms with Crippen LogP contribution in [-0.4, -0.2) is 0 Å². The van der Waals surface area contributed by atoms with Gasteiger partial charge in [0.2, 0.25) is 0 Å². The maximum Gasteiger partial charge on any atom is 0.0303 e. The van der Waals surface area contributed by atoms with Crippen LogP contribution in [0.2, 0.25) is 0 Å². The molecule has 0 spiro atoms. The van der Waals surface area contributed by atoms with Crippen molar-refractivity contribution in [2.75, 3.05) is 0 Å². The van der Waals surface area contributed by atoms with Crippen molar-refractivity contribution in [1.82, 2.24) is 0 Å². The van der Waals surface area contributed by atoms with E-state index in [0.717, 1.165) is 8.95 Å². The lowest BCUT2D eigenvalue weighted by molar-refractivity contribution is 0.586. The first-order valence-electron chi connectivity index (χ1n) is 7.65. The van der Waals surface area contributed by atoms with Crippen molar-refractivity contribution in [3.63, 3.8) is 0 Å². The number of hydrogen-bond acceptors (Lipinski definition) is 0. The molecule has 0 nitrogen and oxygen atoms in total. The van der Waals surface area contributed by atoms with Gasteiger partial charge in [0.25, 0.3) is 0 Å². The summed E-state index contributed by atoms with van der Waals surface area (Å²) in [5.41, 5.74) is 1.36. The lowest BCUT2D eigenvalue weighted by Crippen LogP contribution is -2.13. The lowest BCUT2D eigenvalue weighted by Gasteiger charge is -2.26. The summed E-state index contributed by atoms with van der Waals surface area (Å²) in [7, 11) is 0. The topological polar surface area (TPSA) is 0 Å². The van der Waals surface area contributed by atoms with E-state index in [4.69, 9.17) is 0 Å². The molecule has 0 bridgehead atoms. The Labute approximate surface area is 174 Å². The smallest absolute Gasteiger partial charge is 0.0303 e.